The molecule has 0 aliphatic rings. The SMILES string of the molecule is CCOc1ccc(NC(C)=O)cc1.[KH]. The van der Waals surface area contributed by atoms with Crippen LogP contribution in [-0.2, 0) is 4.79 Å². The Morgan fingerprint density at radius 3 is 2.36 bits per heavy atom. The van der Waals surface area contributed by atoms with E-state index in [-0.39, 0.29) is 57.3 Å². The van der Waals surface area contributed by atoms with Crippen LogP contribution in [0.2, 0.25) is 0 Å². The minimum atomic E-state index is -0.0656. The Morgan fingerprint density at radius 1 is 1.36 bits per heavy atom. The van der Waals surface area contributed by atoms with Crippen LogP contribution in [0.15, 0.2) is 24.3 Å². The van der Waals surface area contributed by atoms with E-state index < -0.39 is 0 Å². The first-order chi connectivity index (χ1) is 6.22. The van der Waals surface area contributed by atoms with Gasteiger partial charge >= 0.3 is 51.4 Å². The number of hydrogen-bond donors (Lipinski definition) is 1. The molecule has 0 saturated carbocycles. The average molecular weight is 219 g/mol. The van der Waals surface area contributed by atoms with Gasteiger partial charge < -0.3 is 10.1 Å². The van der Waals surface area contributed by atoms with Crippen molar-refractivity contribution in [2.24, 2.45) is 0 Å². The molecule has 4 heteroatoms. The quantitative estimate of drug-likeness (QED) is 0.780. The van der Waals surface area contributed by atoms with E-state index in [9.17, 15) is 4.79 Å². The molecule has 1 amide bonds. The summed E-state index contributed by atoms with van der Waals surface area (Å²) in [5, 5.41) is 2.68. The zero-order chi connectivity index (χ0) is 9.68. The van der Waals surface area contributed by atoms with E-state index in [4.69, 9.17) is 4.74 Å². The number of carbonyl (C=O) groups is 1. The molecule has 14 heavy (non-hydrogen) atoms. The average Bonchev–Trinajstić information content (AvgIpc) is 2.08. The van der Waals surface area contributed by atoms with Crippen LogP contribution in [0.4, 0.5) is 5.69 Å². The Kier molecular flexibility index (Phi) is 7.49. The van der Waals surface area contributed by atoms with Crippen molar-refractivity contribution >= 4 is 63.0 Å². The van der Waals surface area contributed by atoms with Crippen LogP contribution >= 0.6 is 0 Å². The number of ether oxygens (including phenoxy) is 1. The maximum absolute atomic E-state index is 10.7. The molecule has 72 valence electrons. The number of benzene rings is 1. The van der Waals surface area contributed by atoms with Gasteiger partial charge in [-0.25, -0.2) is 0 Å². The van der Waals surface area contributed by atoms with Gasteiger partial charge in [0.2, 0.25) is 5.91 Å². The molecule has 0 atom stereocenters. The number of rotatable bonds is 3. The van der Waals surface area contributed by atoms with Crippen molar-refractivity contribution in [2.75, 3.05) is 11.9 Å². The van der Waals surface area contributed by atoms with Crippen molar-refractivity contribution in [1.29, 1.82) is 0 Å². The van der Waals surface area contributed by atoms with Gasteiger partial charge in [0.05, 0.1) is 6.61 Å². The molecule has 1 aromatic rings. The summed E-state index contributed by atoms with van der Waals surface area (Å²) in [5.41, 5.74) is 0.788. The van der Waals surface area contributed by atoms with Gasteiger partial charge in [0.25, 0.3) is 0 Å². The van der Waals surface area contributed by atoms with E-state index in [1.807, 2.05) is 31.2 Å². The predicted molar refractivity (Wildman–Crippen MR) is 59.1 cm³/mol. The number of anilines is 1. The number of nitrogens with one attached hydrogen (secondary N) is 1. The molecule has 3 nitrogen and oxygen atoms in total. The second kappa shape index (κ2) is 7.42. The monoisotopic (exact) mass is 219 g/mol. The molecule has 0 radical (unpaired) electrons. The summed E-state index contributed by atoms with van der Waals surface area (Å²) < 4.78 is 5.25. The van der Waals surface area contributed by atoms with Gasteiger partial charge in [-0.3, -0.25) is 4.79 Å². The van der Waals surface area contributed by atoms with E-state index >= 15 is 0 Å². The van der Waals surface area contributed by atoms with Crippen molar-refractivity contribution < 1.29 is 9.53 Å². The van der Waals surface area contributed by atoms with Crippen molar-refractivity contribution in [3.8, 4) is 5.75 Å². The second-order valence-corrected chi connectivity index (χ2v) is 2.64. The zero-order valence-electron chi connectivity index (χ0n) is 7.83. The predicted octanol–water partition coefficient (Wildman–Crippen LogP) is 1.40. The molecule has 0 aliphatic heterocycles. The number of carbonyl (C=O) groups excluding carboxylic acids is 1. The van der Waals surface area contributed by atoms with Gasteiger partial charge in [-0.15, -0.1) is 0 Å². The van der Waals surface area contributed by atoms with Gasteiger partial charge in [-0.05, 0) is 31.2 Å². The summed E-state index contributed by atoms with van der Waals surface area (Å²) in [7, 11) is 0. The van der Waals surface area contributed by atoms with Crippen LogP contribution in [0.3, 0.4) is 0 Å². The third-order valence-corrected chi connectivity index (χ3v) is 1.49. The van der Waals surface area contributed by atoms with Crippen LogP contribution in [-0.4, -0.2) is 63.9 Å². The standard InChI is InChI=1S/C10H13NO2.K.H/c1-3-13-10-6-4-9(5-7-10)11-8(2)12;;/h4-7H,3H2,1-2H3,(H,11,12);;. The molecule has 0 unspecified atom stereocenters. The summed E-state index contributed by atoms with van der Waals surface area (Å²) in [4.78, 5) is 10.7. The van der Waals surface area contributed by atoms with E-state index in [0.717, 1.165) is 11.4 Å². The van der Waals surface area contributed by atoms with E-state index in [1.165, 1.54) is 6.92 Å². The molecule has 1 aromatic carbocycles. The molecule has 1 rings (SSSR count). The normalized spacial score (nSPS) is 8.71. The molecule has 0 spiro atoms. The molecule has 0 bridgehead atoms. The van der Waals surface area contributed by atoms with Gasteiger partial charge in [0.15, 0.2) is 0 Å². The van der Waals surface area contributed by atoms with Crippen molar-refractivity contribution in [3.05, 3.63) is 24.3 Å². The van der Waals surface area contributed by atoms with E-state index in [2.05, 4.69) is 5.32 Å². The summed E-state index contributed by atoms with van der Waals surface area (Å²) >= 11 is 0. The third-order valence-electron chi connectivity index (χ3n) is 1.49. The second-order valence-electron chi connectivity index (χ2n) is 2.64. The molecular weight excluding hydrogens is 205 g/mol. The fraction of sp³-hybridized carbons (Fsp3) is 0.300. The Balaban J connectivity index is 0.00000169. The topological polar surface area (TPSA) is 38.3 Å². The van der Waals surface area contributed by atoms with E-state index in [0.29, 0.717) is 6.61 Å². The molecule has 0 aliphatic carbocycles. The first-order valence-corrected chi connectivity index (χ1v) is 4.23. The fourth-order valence-corrected chi connectivity index (χ4v) is 1.00. The Morgan fingerprint density at radius 2 is 1.93 bits per heavy atom. The van der Waals surface area contributed by atoms with Gasteiger partial charge in [0.1, 0.15) is 5.75 Å². The van der Waals surface area contributed by atoms with Gasteiger partial charge in [-0.1, -0.05) is 0 Å². The van der Waals surface area contributed by atoms with Gasteiger partial charge in [-0.2, -0.15) is 0 Å². The van der Waals surface area contributed by atoms with Crippen molar-refractivity contribution in [2.45, 2.75) is 13.8 Å². The van der Waals surface area contributed by atoms with Crippen LogP contribution in [0, 0.1) is 0 Å². The summed E-state index contributed by atoms with van der Waals surface area (Å²) in [6, 6.07) is 7.28. The van der Waals surface area contributed by atoms with Crippen LogP contribution in [0.5, 0.6) is 5.75 Å². The molecule has 1 N–H and O–H groups in total. The maximum atomic E-state index is 10.7. The van der Waals surface area contributed by atoms with Crippen LogP contribution in [0.25, 0.3) is 0 Å². The summed E-state index contributed by atoms with van der Waals surface area (Å²) in [6.07, 6.45) is 0. The van der Waals surface area contributed by atoms with Crippen molar-refractivity contribution in [1.82, 2.24) is 0 Å². The molecule has 0 heterocycles. The van der Waals surface area contributed by atoms with Gasteiger partial charge in [0, 0.05) is 12.6 Å². The number of hydrogen-bond acceptors (Lipinski definition) is 2. The fourth-order valence-electron chi connectivity index (χ4n) is 1.00. The molecular formula is C10H14KNO2. The molecule has 0 aromatic heterocycles. The first kappa shape index (κ1) is 14.1. The first-order valence-electron chi connectivity index (χ1n) is 4.23. The molecule has 0 fully saturated rings. The Labute approximate surface area is 127 Å². The Bertz CT molecular complexity index is 285. The van der Waals surface area contributed by atoms with Crippen LogP contribution < -0.4 is 10.1 Å². The van der Waals surface area contributed by atoms with E-state index in [1.54, 1.807) is 0 Å². The van der Waals surface area contributed by atoms with Crippen molar-refractivity contribution in [3.63, 3.8) is 0 Å². The zero-order valence-corrected chi connectivity index (χ0v) is 7.83. The summed E-state index contributed by atoms with van der Waals surface area (Å²) in [6.45, 7) is 4.07. The number of amides is 1. The Hall–Kier alpha value is 0.126. The summed E-state index contributed by atoms with van der Waals surface area (Å²) in [5.74, 6) is 0.751. The molecule has 0 saturated heterocycles. The minimum absolute atomic E-state index is 0. The van der Waals surface area contributed by atoms with Crippen LogP contribution in [0.1, 0.15) is 13.8 Å². The third kappa shape index (κ3) is 5.12.